The van der Waals surface area contributed by atoms with Crippen LogP contribution in [0.1, 0.15) is 10.4 Å². The first kappa shape index (κ1) is 16.1. The zero-order chi connectivity index (χ0) is 17.3. The number of aromatic nitrogens is 1. The minimum atomic E-state index is -2.03. The van der Waals surface area contributed by atoms with Crippen LogP contribution >= 0.6 is 11.3 Å². The smallest absolute Gasteiger partial charge is 0.258 e. The highest BCUT2D eigenvalue weighted by molar-refractivity contribution is 7.13. The highest BCUT2D eigenvalue weighted by Crippen LogP contribution is 2.24. The van der Waals surface area contributed by atoms with Crippen LogP contribution in [0.5, 0.6) is 0 Å². The molecule has 1 N–H and O–H groups in total. The molecule has 1 heterocycles. The summed E-state index contributed by atoms with van der Waals surface area (Å²) in [5, 5.41) is 4.88. The van der Waals surface area contributed by atoms with E-state index in [1.807, 2.05) is 5.38 Å². The first-order valence-electron chi connectivity index (χ1n) is 6.61. The van der Waals surface area contributed by atoms with Crippen LogP contribution in [-0.2, 0) is 0 Å². The summed E-state index contributed by atoms with van der Waals surface area (Å²) in [4.78, 5) is 16.1. The highest BCUT2D eigenvalue weighted by atomic mass is 32.1. The van der Waals surface area contributed by atoms with Crippen LogP contribution in [0, 0.1) is 23.3 Å². The SMILES string of the molecule is O=C(Nc1ccc(-c2nccs2)cc1)c1cc(F)c(F)c(F)c1F. The Bertz CT molecular complexity index is 895. The third kappa shape index (κ3) is 3.00. The normalized spacial score (nSPS) is 10.7. The van der Waals surface area contributed by atoms with E-state index in [1.165, 1.54) is 23.5 Å². The lowest BCUT2D eigenvalue weighted by molar-refractivity contribution is 0.102. The van der Waals surface area contributed by atoms with Crippen molar-refractivity contribution < 1.29 is 22.4 Å². The number of thiazole rings is 1. The molecule has 2 aromatic carbocycles. The van der Waals surface area contributed by atoms with Gasteiger partial charge in [0.15, 0.2) is 23.3 Å². The van der Waals surface area contributed by atoms with Crippen LogP contribution in [0.3, 0.4) is 0 Å². The van der Waals surface area contributed by atoms with Crippen LogP contribution in [0.25, 0.3) is 10.6 Å². The molecule has 0 spiro atoms. The summed E-state index contributed by atoms with van der Waals surface area (Å²) in [7, 11) is 0. The third-order valence-corrected chi connectivity index (χ3v) is 3.99. The van der Waals surface area contributed by atoms with E-state index in [9.17, 15) is 22.4 Å². The van der Waals surface area contributed by atoms with Gasteiger partial charge in [-0.05, 0) is 30.3 Å². The van der Waals surface area contributed by atoms with Gasteiger partial charge in [0.25, 0.3) is 5.91 Å². The predicted octanol–water partition coefficient (Wildman–Crippen LogP) is 4.62. The summed E-state index contributed by atoms with van der Waals surface area (Å²) in [5.74, 6) is -8.47. The van der Waals surface area contributed by atoms with Crippen LogP contribution in [0.4, 0.5) is 23.2 Å². The molecule has 122 valence electrons. The van der Waals surface area contributed by atoms with E-state index in [0.717, 1.165) is 10.6 Å². The molecule has 1 amide bonds. The lowest BCUT2D eigenvalue weighted by Crippen LogP contribution is -2.16. The second-order valence-corrected chi connectivity index (χ2v) is 5.61. The van der Waals surface area contributed by atoms with Crippen molar-refractivity contribution in [1.29, 1.82) is 0 Å². The van der Waals surface area contributed by atoms with Crippen molar-refractivity contribution in [3.63, 3.8) is 0 Å². The van der Waals surface area contributed by atoms with Gasteiger partial charge in [0.2, 0.25) is 0 Å². The second-order valence-electron chi connectivity index (χ2n) is 4.72. The van der Waals surface area contributed by atoms with Gasteiger partial charge < -0.3 is 5.32 Å². The van der Waals surface area contributed by atoms with E-state index in [1.54, 1.807) is 18.3 Å². The molecule has 0 aliphatic rings. The standard InChI is InChI=1S/C16H8F4N2OS/c17-11-7-10(12(18)14(20)13(11)19)15(23)22-9-3-1-8(2-4-9)16-21-5-6-24-16/h1-7H,(H,22,23). The van der Waals surface area contributed by atoms with Gasteiger partial charge >= 0.3 is 0 Å². The van der Waals surface area contributed by atoms with E-state index in [0.29, 0.717) is 6.07 Å². The largest absolute Gasteiger partial charge is 0.322 e. The van der Waals surface area contributed by atoms with Gasteiger partial charge in [-0.2, -0.15) is 0 Å². The van der Waals surface area contributed by atoms with Crippen molar-refractivity contribution in [2.45, 2.75) is 0 Å². The number of halogens is 4. The van der Waals surface area contributed by atoms with E-state index >= 15 is 0 Å². The van der Waals surface area contributed by atoms with E-state index < -0.39 is 34.7 Å². The molecular formula is C16H8F4N2OS. The highest BCUT2D eigenvalue weighted by Gasteiger charge is 2.23. The average molecular weight is 352 g/mol. The Labute approximate surface area is 137 Å². The molecule has 1 aromatic heterocycles. The topological polar surface area (TPSA) is 42.0 Å². The molecule has 24 heavy (non-hydrogen) atoms. The van der Waals surface area contributed by atoms with Crippen molar-refractivity contribution in [2.75, 3.05) is 5.32 Å². The Balaban J connectivity index is 1.83. The Morgan fingerprint density at radius 1 is 1.00 bits per heavy atom. The monoisotopic (exact) mass is 352 g/mol. The summed E-state index contributed by atoms with van der Waals surface area (Å²) in [6.45, 7) is 0. The van der Waals surface area contributed by atoms with Crippen molar-refractivity contribution in [1.82, 2.24) is 4.98 Å². The molecule has 3 rings (SSSR count). The number of rotatable bonds is 3. The maximum absolute atomic E-state index is 13.6. The molecule has 0 saturated heterocycles. The van der Waals surface area contributed by atoms with Crippen molar-refractivity contribution >= 4 is 22.9 Å². The Morgan fingerprint density at radius 2 is 1.71 bits per heavy atom. The number of carbonyl (C=O) groups is 1. The lowest BCUT2D eigenvalue weighted by Gasteiger charge is -2.08. The molecule has 8 heteroatoms. The molecule has 0 radical (unpaired) electrons. The minimum Gasteiger partial charge on any atom is -0.322 e. The summed E-state index contributed by atoms with van der Waals surface area (Å²) < 4.78 is 52.9. The molecule has 3 nitrogen and oxygen atoms in total. The molecule has 0 bridgehead atoms. The fourth-order valence-corrected chi connectivity index (χ4v) is 2.64. The average Bonchev–Trinajstić information content (AvgIpc) is 3.11. The van der Waals surface area contributed by atoms with Gasteiger partial charge in [0, 0.05) is 22.8 Å². The molecule has 3 aromatic rings. The van der Waals surface area contributed by atoms with Gasteiger partial charge in [-0.1, -0.05) is 0 Å². The molecule has 0 fully saturated rings. The van der Waals surface area contributed by atoms with E-state index in [2.05, 4.69) is 10.3 Å². The number of anilines is 1. The predicted molar refractivity (Wildman–Crippen MR) is 81.8 cm³/mol. The fraction of sp³-hybridized carbons (Fsp3) is 0. The zero-order valence-electron chi connectivity index (χ0n) is 11.8. The third-order valence-electron chi connectivity index (χ3n) is 3.17. The van der Waals surface area contributed by atoms with Gasteiger partial charge in [-0.3, -0.25) is 4.79 Å². The molecule has 0 saturated carbocycles. The number of nitrogens with zero attached hydrogens (tertiary/aromatic N) is 1. The molecule has 0 aliphatic carbocycles. The summed E-state index contributed by atoms with van der Waals surface area (Å²) in [6, 6.07) is 6.73. The number of amides is 1. The molecule has 0 atom stereocenters. The number of benzene rings is 2. The van der Waals surface area contributed by atoms with Gasteiger partial charge in [0.05, 0.1) is 5.56 Å². The summed E-state index contributed by atoms with van der Waals surface area (Å²) >= 11 is 1.43. The summed E-state index contributed by atoms with van der Waals surface area (Å²) in [5.41, 5.74) is 0.174. The number of nitrogens with one attached hydrogen (secondary N) is 1. The Hall–Kier alpha value is -2.74. The maximum Gasteiger partial charge on any atom is 0.258 e. The van der Waals surface area contributed by atoms with E-state index in [4.69, 9.17) is 0 Å². The fourth-order valence-electron chi connectivity index (χ4n) is 2.00. The Kier molecular flexibility index (Phi) is 4.30. The van der Waals surface area contributed by atoms with Crippen LogP contribution in [0.15, 0.2) is 41.9 Å². The van der Waals surface area contributed by atoms with E-state index in [-0.39, 0.29) is 5.69 Å². The second kappa shape index (κ2) is 6.40. The minimum absolute atomic E-state index is 0.282. The first-order valence-corrected chi connectivity index (χ1v) is 7.49. The maximum atomic E-state index is 13.6. The lowest BCUT2D eigenvalue weighted by atomic mass is 10.1. The van der Waals surface area contributed by atoms with Gasteiger partial charge in [-0.15, -0.1) is 11.3 Å². The van der Waals surface area contributed by atoms with Gasteiger partial charge in [0.1, 0.15) is 5.01 Å². The van der Waals surface area contributed by atoms with Crippen LogP contribution in [-0.4, -0.2) is 10.9 Å². The number of hydrogen-bond donors (Lipinski definition) is 1. The van der Waals surface area contributed by atoms with Crippen molar-refractivity contribution in [3.8, 4) is 10.6 Å². The van der Waals surface area contributed by atoms with Crippen molar-refractivity contribution in [3.05, 3.63) is 70.7 Å². The molecule has 0 aliphatic heterocycles. The van der Waals surface area contributed by atoms with Crippen molar-refractivity contribution in [2.24, 2.45) is 0 Å². The summed E-state index contributed by atoms with van der Waals surface area (Å²) in [6.07, 6.45) is 1.65. The van der Waals surface area contributed by atoms with Crippen LogP contribution in [0.2, 0.25) is 0 Å². The Morgan fingerprint density at radius 3 is 2.33 bits per heavy atom. The zero-order valence-corrected chi connectivity index (χ0v) is 12.6. The van der Waals surface area contributed by atoms with Crippen LogP contribution < -0.4 is 5.32 Å². The quantitative estimate of drug-likeness (QED) is 0.425. The molecule has 0 unspecified atom stereocenters. The first-order chi connectivity index (χ1) is 11.5. The number of carbonyl (C=O) groups excluding carboxylic acids is 1. The van der Waals surface area contributed by atoms with Gasteiger partial charge in [-0.25, -0.2) is 22.5 Å². The number of hydrogen-bond acceptors (Lipinski definition) is 3. The molecular weight excluding hydrogens is 344 g/mol.